The van der Waals surface area contributed by atoms with E-state index in [1.165, 1.54) is 25.9 Å². The first kappa shape index (κ1) is 16.0. The van der Waals surface area contributed by atoms with E-state index in [0.29, 0.717) is 11.7 Å². The Labute approximate surface area is 136 Å². The Morgan fingerprint density at radius 2 is 1.96 bits per heavy atom. The van der Waals surface area contributed by atoms with Gasteiger partial charge in [0.2, 0.25) is 5.82 Å². The number of ether oxygens (including phenoxy) is 2. The molecule has 1 atom stereocenters. The number of nitrogens with zero attached hydrogens (tertiary/aromatic N) is 3. The van der Waals surface area contributed by atoms with Crippen molar-refractivity contribution in [1.29, 1.82) is 0 Å². The van der Waals surface area contributed by atoms with E-state index in [2.05, 4.69) is 15.0 Å². The molecule has 1 aliphatic rings. The predicted molar refractivity (Wildman–Crippen MR) is 86.3 cm³/mol. The van der Waals surface area contributed by atoms with E-state index >= 15 is 0 Å². The number of hydrogen-bond acceptors (Lipinski definition) is 6. The fourth-order valence-electron chi connectivity index (χ4n) is 2.62. The molecule has 23 heavy (non-hydrogen) atoms. The summed E-state index contributed by atoms with van der Waals surface area (Å²) < 4.78 is 16.2. The quantitative estimate of drug-likeness (QED) is 0.782. The first-order chi connectivity index (χ1) is 11.3. The lowest BCUT2D eigenvalue weighted by Crippen LogP contribution is -2.25. The zero-order valence-electron chi connectivity index (χ0n) is 13.7. The molecule has 0 N–H and O–H groups in total. The molecule has 1 saturated heterocycles. The standard InChI is InChI=1S/C17H23N3O3/c1-13(21-2)17-18-16(19-23-17)14-5-7-15(8-6-14)22-12-11-20-9-3-4-10-20/h5-8,13H,3-4,9-12H2,1-2H3/t13-/m0/s1. The van der Waals surface area contributed by atoms with Gasteiger partial charge in [-0.2, -0.15) is 4.98 Å². The molecule has 2 aromatic rings. The second kappa shape index (κ2) is 7.57. The summed E-state index contributed by atoms with van der Waals surface area (Å²) in [6.45, 7) is 5.97. The van der Waals surface area contributed by atoms with Gasteiger partial charge in [-0.25, -0.2) is 0 Å². The van der Waals surface area contributed by atoms with Crippen molar-refractivity contribution in [3.05, 3.63) is 30.2 Å². The molecule has 0 amide bonds. The van der Waals surface area contributed by atoms with E-state index in [0.717, 1.165) is 24.5 Å². The minimum Gasteiger partial charge on any atom is -0.492 e. The Morgan fingerprint density at radius 1 is 1.22 bits per heavy atom. The van der Waals surface area contributed by atoms with Crippen LogP contribution in [0.25, 0.3) is 11.4 Å². The summed E-state index contributed by atoms with van der Waals surface area (Å²) in [7, 11) is 1.61. The number of rotatable bonds is 7. The van der Waals surface area contributed by atoms with Crippen molar-refractivity contribution in [2.45, 2.75) is 25.9 Å². The highest BCUT2D eigenvalue weighted by Gasteiger charge is 2.14. The van der Waals surface area contributed by atoms with Gasteiger partial charge >= 0.3 is 0 Å². The molecule has 0 bridgehead atoms. The molecular weight excluding hydrogens is 294 g/mol. The lowest BCUT2D eigenvalue weighted by atomic mass is 10.2. The summed E-state index contributed by atoms with van der Waals surface area (Å²) in [6.07, 6.45) is 2.41. The number of likely N-dealkylation sites (tertiary alicyclic amines) is 1. The molecule has 1 aromatic carbocycles. The first-order valence-corrected chi connectivity index (χ1v) is 8.08. The SMILES string of the molecule is CO[C@@H](C)c1nc(-c2ccc(OCCN3CCCC3)cc2)no1. The highest BCUT2D eigenvalue weighted by molar-refractivity contribution is 5.55. The largest absolute Gasteiger partial charge is 0.492 e. The van der Waals surface area contributed by atoms with E-state index in [4.69, 9.17) is 14.0 Å². The van der Waals surface area contributed by atoms with E-state index < -0.39 is 0 Å². The molecule has 0 aliphatic carbocycles. The van der Waals surface area contributed by atoms with Gasteiger partial charge in [0.25, 0.3) is 5.89 Å². The normalized spacial score (nSPS) is 16.6. The predicted octanol–water partition coefficient (Wildman–Crippen LogP) is 2.92. The average molecular weight is 317 g/mol. The third kappa shape index (κ3) is 4.09. The third-order valence-electron chi connectivity index (χ3n) is 4.13. The Morgan fingerprint density at radius 3 is 2.65 bits per heavy atom. The van der Waals surface area contributed by atoms with Gasteiger partial charge in [-0.05, 0) is 57.1 Å². The Bertz CT molecular complexity index is 606. The van der Waals surface area contributed by atoms with Gasteiger partial charge in [0, 0.05) is 19.2 Å². The summed E-state index contributed by atoms with van der Waals surface area (Å²) in [6, 6.07) is 7.76. The lowest BCUT2D eigenvalue weighted by molar-refractivity contribution is 0.0886. The Kier molecular flexibility index (Phi) is 5.25. The van der Waals surface area contributed by atoms with Gasteiger partial charge in [-0.3, -0.25) is 4.90 Å². The van der Waals surface area contributed by atoms with Crippen molar-refractivity contribution in [3.8, 4) is 17.1 Å². The molecule has 0 radical (unpaired) electrons. The van der Waals surface area contributed by atoms with Crippen LogP contribution < -0.4 is 4.74 Å². The van der Waals surface area contributed by atoms with Crippen LogP contribution in [0.15, 0.2) is 28.8 Å². The van der Waals surface area contributed by atoms with Crippen LogP contribution in [0.5, 0.6) is 5.75 Å². The fraction of sp³-hybridized carbons (Fsp3) is 0.529. The Hall–Kier alpha value is -1.92. The van der Waals surface area contributed by atoms with Gasteiger partial charge in [-0.15, -0.1) is 0 Å². The zero-order valence-corrected chi connectivity index (χ0v) is 13.7. The summed E-state index contributed by atoms with van der Waals surface area (Å²) in [5.41, 5.74) is 0.898. The summed E-state index contributed by atoms with van der Waals surface area (Å²) in [4.78, 5) is 6.78. The van der Waals surface area contributed by atoms with Crippen LogP contribution in [-0.2, 0) is 4.74 Å². The molecule has 6 nitrogen and oxygen atoms in total. The van der Waals surface area contributed by atoms with E-state index in [9.17, 15) is 0 Å². The summed E-state index contributed by atoms with van der Waals surface area (Å²) in [5, 5.41) is 3.99. The fourth-order valence-corrected chi connectivity index (χ4v) is 2.62. The van der Waals surface area contributed by atoms with Crippen molar-refractivity contribution in [3.63, 3.8) is 0 Å². The number of benzene rings is 1. The molecule has 124 valence electrons. The van der Waals surface area contributed by atoms with Gasteiger partial charge in [0.1, 0.15) is 18.5 Å². The molecule has 1 fully saturated rings. The van der Waals surface area contributed by atoms with Gasteiger partial charge < -0.3 is 14.0 Å². The van der Waals surface area contributed by atoms with Crippen LogP contribution in [0.4, 0.5) is 0 Å². The number of methoxy groups -OCH3 is 1. The second-order valence-corrected chi connectivity index (χ2v) is 5.76. The third-order valence-corrected chi connectivity index (χ3v) is 4.13. The number of aromatic nitrogens is 2. The van der Waals surface area contributed by atoms with Gasteiger partial charge in [-0.1, -0.05) is 5.16 Å². The molecule has 2 heterocycles. The molecule has 0 spiro atoms. The molecule has 6 heteroatoms. The van der Waals surface area contributed by atoms with Gasteiger partial charge in [0.05, 0.1) is 0 Å². The van der Waals surface area contributed by atoms with Crippen LogP contribution in [0.2, 0.25) is 0 Å². The van der Waals surface area contributed by atoms with Crippen molar-refractivity contribution < 1.29 is 14.0 Å². The van der Waals surface area contributed by atoms with E-state index in [1.54, 1.807) is 7.11 Å². The maximum absolute atomic E-state index is 5.79. The summed E-state index contributed by atoms with van der Waals surface area (Å²) in [5.74, 6) is 1.91. The number of hydrogen-bond donors (Lipinski definition) is 0. The van der Waals surface area contributed by atoms with Crippen molar-refractivity contribution in [2.75, 3.05) is 33.4 Å². The monoisotopic (exact) mass is 317 g/mol. The van der Waals surface area contributed by atoms with Crippen LogP contribution >= 0.6 is 0 Å². The molecule has 1 aliphatic heterocycles. The van der Waals surface area contributed by atoms with Crippen LogP contribution in [0.1, 0.15) is 31.8 Å². The average Bonchev–Trinajstić information content (AvgIpc) is 3.26. The van der Waals surface area contributed by atoms with Crippen molar-refractivity contribution >= 4 is 0 Å². The maximum atomic E-state index is 5.79. The topological polar surface area (TPSA) is 60.6 Å². The van der Waals surface area contributed by atoms with Crippen LogP contribution in [0.3, 0.4) is 0 Å². The second-order valence-electron chi connectivity index (χ2n) is 5.76. The minimum atomic E-state index is -0.204. The van der Waals surface area contributed by atoms with Crippen molar-refractivity contribution in [2.24, 2.45) is 0 Å². The van der Waals surface area contributed by atoms with Crippen molar-refractivity contribution in [1.82, 2.24) is 15.0 Å². The smallest absolute Gasteiger partial charge is 0.255 e. The lowest BCUT2D eigenvalue weighted by Gasteiger charge is -2.14. The minimum absolute atomic E-state index is 0.204. The van der Waals surface area contributed by atoms with Crippen LogP contribution in [0, 0.1) is 0 Å². The Balaban J connectivity index is 1.55. The van der Waals surface area contributed by atoms with Gasteiger partial charge in [0.15, 0.2) is 0 Å². The zero-order chi connectivity index (χ0) is 16.1. The van der Waals surface area contributed by atoms with E-state index in [1.807, 2.05) is 31.2 Å². The molecule has 3 rings (SSSR count). The van der Waals surface area contributed by atoms with Crippen LogP contribution in [-0.4, -0.2) is 48.4 Å². The molecule has 1 aromatic heterocycles. The molecular formula is C17H23N3O3. The van der Waals surface area contributed by atoms with E-state index in [-0.39, 0.29) is 6.10 Å². The maximum Gasteiger partial charge on any atom is 0.255 e. The molecule has 0 saturated carbocycles. The highest BCUT2D eigenvalue weighted by atomic mass is 16.5. The summed E-state index contributed by atoms with van der Waals surface area (Å²) >= 11 is 0. The first-order valence-electron chi connectivity index (χ1n) is 8.08. The molecule has 0 unspecified atom stereocenters. The highest BCUT2D eigenvalue weighted by Crippen LogP contribution is 2.22.